The zero-order chi connectivity index (χ0) is 12.4. The van der Waals surface area contributed by atoms with E-state index in [4.69, 9.17) is 0 Å². The topological polar surface area (TPSA) is 28.7 Å². The van der Waals surface area contributed by atoms with Crippen molar-refractivity contribution in [3.05, 3.63) is 65.7 Å². The van der Waals surface area contributed by atoms with E-state index in [-0.39, 0.29) is 5.82 Å². The minimum Gasteiger partial charge on any atom is -0.346 e. The Bertz CT molecular complexity index is 763. The van der Waals surface area contributed by atoms with Gasteiger partial charge in [0.25, 0.3) is 0 Å². The molecule has 2 heterocycles. The van der Waals surface area contributed by atoms with Crippen LogP contribution < -0.4 is 0 Å². The normalized spacial score (nSPS) is 10.1. The summed E-state index contributed by atoms with van der Waals surface area (Å²) in [4.78, 5) is 7.22. The predicted octanol–water partition coefficient (Wildman–Crippen LogP) is 3.10. The van der Waals surface area contributed by atoms with Gasteiger partial charge in [-0.15, -0.1) is 0 Å². The number of aromatic nitrogens is 2. The lowest BCUT2D eigenvalue weighted by atomic mass is 10.1. The molecule has 0 fully saturated rings. The molecule has 1 N–H and O–H groups in total. The van der Waals surface area contributed by atoms with Crippen molar-refractivity contribution in [1.82, 2.24) is 9.97 Å². The second-order valence-corrected chi connectivity index (χ2v) is 3.86. The van der Waals surface area contributed by atoms with Crippen molar-refractivity contribution in [1.29, 1.82) is 0 Å². The van der Waals surface area contributed by atoms with Gasteiger partial charge in [-0.2, -0.15) is 0 Å². The van der Waals surface area contributed by atoms with Gasteiger partial charge in [-0.3, -0.25) is 0 Å². The fourth-order valence-corrected chi connectivity index (χ4v) is 1.78. The molecule has 0 atom stereocenters. The first-order valence-electron chi connectivity index (χ1n) is 5.52. The van der Waals surface area contributed by atoms with E-state index in [1.54, 1.807) is 18.3 Å². The maximum Gasteiger partial charge on any atom is 0.138 e. The lowest BCUT2D eigenvalue weighted by molar-refractivity contribution is 0.627. The number of nitrogens with zero attached hydrogens (tertiary/aromatic N) is 1. The Hall–Kier alpha value is -2.60. The van der Waals surface area contributed by atoms with E-state index in [0.29, 0.717) is 5.56 Å². The van der Waals surface area contributed by atoms with E-state index in [1.165, 1.54) is 12.1 Å². The number of nitrogens with one attached hydrogen (secondary N) is 1. The highest BCUT2D eigenvalue weighted by atomic mass is 19.1. The van der Waals surface area contributed by atoms with Crippen LogP contribution in [0.2, 0.25) is 0 Å². The molecule has 3 heteroatoms. The predicted molar refractivity (Wildman–Crippen MR) is 68.5 cm³/mol. The maximum absolute atomic E-state index is 13.0. The second kappa shape index (κ2) is 4.34. The summed E-state index contributed by atoms with van der Waals surface area (Å²) in [5, 5.41) is 0.974. The molecule has 3 aromatic rings. The Labute approximate surface area is 103 Å². The molecule has 0 aliphatic heterocycles. The van der Waals surface area contributed by atoms with Crippen LogP contribution in [0.5, 0.6) is 0 Å². The van der Waals surface area contributed by atoms with E-state index in [9.17, 15) is 4.39 Å². The first-order chi connectivity index (χ1) is 8.83. The summed E-state index contributed by atoms with van der Waals surface area (Å²) in [6.07, 6.45) is 3.53. The SMILES string of the molecule is Fc1cccc(C#Cc2ccnc3[nH]ccc23)c1. The summed E-state index contributed by atoms with van der Waals surface area (Å²) in [6, 6.07) is 10.0. The molecule has 0 bridgehead atoms. The van der Waals surface area contributed by atoms with Crippen LogP contribution in [0.3, 0.4) is 0 Å². The fourth-order valence-electron chi connectivity index (χ4n) is 1.78. The molecule has 1 aromatic carbocycles. The lowest BCUT2D eigenvalue weighted by Gasteiger charge is -1.93. The molecule has 0 spiro atoms. The number of pyridine rings is 1. The van der Waals surface area contributed by atoms with Crippen molar-refractivity contribution in [2.75, 3.05) is 0 Å². The highest BCUT2D eigenvalue weighted by molar-refractivity contribution is 5.82. The van der Waals surface area contributed by atoms with E-state index in [0.717, 1.165) is 16.6 Å². The molecule has 0 saturated carbocycles. The summed E-state index contributed by atoms with van der Waals surface area (Å²) in [5.41, 5.74) is 2.35. The number of halogens is 1. The third kappa shape index (κ3) is 1.96. The Kier molecular flexibility index (Phi) is 2.54. The van der Waals surface area contributed by atoms with E-state index in [1.807, 2.05) is 18.3 Å². The van der Waals surface area contributed by atoms with Crippen LogP contribution in [-0.2, 0) is 0 Å². The highest BCUT2D eigenvalue weighted by Crippen LogP contribution is 2.13. The first kappa shape index (κ1) is 10.5. The van der Waals surface area contributed by atoms with E-state index in [2.05, 4.69) is 21.8 Å². The Morgan fingerprint density at radius 3 is 2.94 bits per heavy atom. The summed E-state index contributed by atoms with van der Waals surface area (Å²) in [6.45, 7) is 0. The van der Waals surface area contributed by atoms with Crippen LogP contribution >= 0.6 is 0 Å². The smallest absolute Gasteiger partial charge is 0.138 e. The number of benzene rings is 1. The van der Waals surface area contributed by atoms with Crippen molar-refractivity contribution in [3.8, 4) is 11.8 Å². The molecule has 0 aliphatic rings. The van der Waals surface area contributed by atoms with E-state index < -0.39 is 0 Å². The monoisotopic (exact) mass is 236 g/mol. The van der Waals surface area contributed by atoms with Crippen LogP contribution in [-0.4, -0.2) is 9.97 Å². The molecule has 0 amide bonds. The molecule has 2 nitrogen and oxygen atoms in total. The summed E-state index contributed by atoms with van der Waals surface area (Å²) in [5.74, 6) is 5.72. The third-order valence-corrected chi connectivity index (χ3v) is 2.63. The summed E-state index contributed by atoms with van der Waals surface area (Å²) >= 11 is 0. The van der Waals surface area contributed by atoms with Crippen molar-refractivity contribution < 1.29 is 4.39 Å². The molecule has 18 heavy (non-hydrogen) atoms. The molecule has 0 saturated heterocycles. The van der Waals surface area contributed by atoms with E-state index >= 15 is 0 Å². The number of aromatic amines is 1. The molecule has 3 rings (SSSR count). The minimum absolute atomic E-state index is 0.275. The van der Waals surface area contributed by atoms with Crippen molar-refractivity contribution in [3.63, 3.8) is 0 Å². The highest BCUT2D eigenvalue weighted by Gasteiger charge is 1.99. The molecular formula is C15H9FN2. The largest absolute Gasteiger partial charge is 0.346 e. The summed E-state index contributed by atoms with van der Waals surface area (Å²) in [7, 11) is 0. The zero-order valence-corrected chi connectivity index (χ0v) is 9.44. The number of fused-ring (bicyclic) bond motifs is 1. The van der Waals surface area contributed by atoms with Gasteiger partial charge >= 0.3 is 0 Å². The van der Waals surface area contributed by atoms with Crippen LogP contribution in [0.1, 0.15) is 11.1 Å². The van der Waals surface area contributed by atoms with Crippen LogP contribution in [0, 0.1) is 17.7 Å². The molecule has 86 valence electrons. The number of H-pyrrole nitrogens is 1. The fraction of sp³-hybridized carbons (Fsp3) is 0. The quantitative estimate of drug-likeness (QED) is 0.597. The molecule has 0 unspecified atom stereocenters. The average Bonchev–Trinajstić information content (AvgIpc) is 2.85. The Morgan fingerprint density at radius 1 is 1.11 bits per heavy atom. The molecule has 0 aliphatic carbocycles. The Balaban J connectivity index is 2.05. The van der Waals surface area contributed by atoms with Gasteiger partial charge in [-0.25, -0.2) is 9.37 Å². The third-order valence-electron chi connectivity index (χ3n) is 2.63. The van der Waals surface area contributed by atoms with Gasteiger partial charge in [0.05, 0.1) is 0 Å². The number of hydrogen-bond donors (Lipinski definition) is 1. The summed E-state index contributed by atoms with van der Waals surface area (Å²) < 4.78 is 13.0. The van der Waals surface area contributed by atoms with Gasteiger partial charge in [0.2, 0.25) is 0 Å². The second-order valence-electron chi connectivity index (χ2n) is 3.86. The van der Waals surface area contributed by atoms with Gasteiger partial charge in [0, 0.05) is 28.9 Å². The van der Waals surface area contributed by atoms with Gasteiger partial charge in [-0.1, -0.05) is 17.9 Å². The van der Waals surface area contributed by atoms with Crippen molar-refractivity contribution in [2.24, 2.45) is 0 Å². The van der Waals surface area contributed by atoms with Crippen molar-refractivity contribution >= 4 is 11.0 Å². The minimum atomic E-state index is -0.275. The van der Waals surface area contributed by atoms with Gasteiger partial charge < -0.3 is 4.98 Å². The van der Waals surface area contributed by atoms with Gasteiger partial charge in [-0.05, 0) is 30.3 Å². The Morgan fingerprint density at radius 2 is 2.06 bits per heavy atom. The van der Waals surface area contributed by atoms with Crippen molar-refractivity contribution in [2.45, 2.75) is 0 Å². The van der Waals surface area contributed by atoms with Gasteiger partial charge in [0.1, 0.15) is 11.5 Å². The standard InChI is InChI=1S/C15H9FN2/c16-13-3-1-2-11(10-13)4-5-12-6-8-17-15-14(12)7-9-18-15/h1-3,6-10H,(H,17,18). The molecule has 0 radical (unpaired) electrons. The van der Waals surface area contributed by atoms with Crippen LogP contribution in [0.15, 0.2) is 48.8 Å². The maximum atomic E-state index is 13.0. The van der Waals surface area contributed by atoms with Gasteiger partial charge in [0.15, 0.2) is 0 Å². The zero-order valence-electron chi connectivity index (χ0n) is 9.44. The average molecular weight is 236 g/mol. The van der Waals surface area contributed by atoms with Crippen LogP contribution in [0.25, 0.3) is 11.0 Å². The first-order valence-corrected chi connectivity index (χ1v) is 5.52. The number of hydrogen-bond acceptors (Lipinski definition) is 1. The van der Waals surface area contributed by atoms with Crippen LogP contribution in [0.4, 0.5) is 4.39 Å². The lowest BCUT2D eigenvalue weighted by Crippen LogP contribution is -1.81. The molecular weight excluding hydrogens is 227 g/mol. The molecule has 2 aromatic heterocycles. The number of rotatable bonds is 0.